The number of nitro benzene ring substituents is 1. The lowest BCUT2D eigenvalue weighted by Gasteiger charge is -2.08. The molecule has 0 heterocycles. The van der Waals surface area contributed by atoms with E-state index in [1.54, 1.807) is 0 Å². The Balaban J connectivity index is 2.26. The molecule has 0 bridgehead atoms. The summed E-state index contributed by atoms with van der Waals surface area (Å²) < 4.78 is 0. The molecule has 2 N–H and O–H groups in total. The number of phenols is 1. The van der Waals surface area contributed by atoms with Crippen LogP contribution in [-0.2, 0) is 0 Å². The Morgan fingerprint density at radius 3 is 2.57 bits per heavy atom. The zero-order valence-corrected chi connectivity index (χ0v) is 11.9. The van der Waals surface area contributed by atoms with Gasteiger partial charge in [0.05, 0.1) is 15.5 Å². The van der Waals surface area contributed by atoms with E-state index >= 15 is 0 Å². The maximum Gasteiger partial charge on any atom is 0.288 e. The van der Waals surface area contributed by atoms with Crippen molar-refractivity contribution in [3.63, 3.8) is 0 Å². The molecule has 6 nitrogen and oxygen atoms in total. The van der Waals surface area contributed by atoms with Crippen LogP contribution in [0.15, 0.2) is 36.4 Å². The van der Waals surface area contributed by atoms with Gasteiger partial charge in [0.15, 0.2) is 0 Å². The van der Waals surface area contributed by atoms with Crippen molar-refractivity contribution in [3.8, 4) is 5.75 Å². The number of benzene rings is 2. The number of carbonyl (C=O) groups is 1. The summed E-state index contributed by atoms with van der Waals surface area (Å²) in [7, 11) is 0. The van der Waals surface area contributed by atoms with Crippen LogP contribution in [-0.4, -0.2) is 15.9 Å². The molecule has 1 amide bonds. The first kappa shape index (κ1) is 15.1. The highest BCUT2D eigenvalue weighted by molar-refractivity contribution is 6.36. The van der Waals surface area contributed by atoms with Crippen LogP contribution in [0.3, 0.4) is 0 Å². The molecular weight excluding hydrogens is 319 g/mol. The van der Waals surface area contributed by atoms with Gasteiger partial charge < -0.3 is 10.4 Å². The lowest BCUT2D eigenvalue weighted by molar-refractivity contribution is -0.384. The van der Waals surface area contributed by atoms with Crippen LogP contribution in [0.25, 0.3) is 0 Å². The minimum absolute atomic E-state index is 0.0751. The average molecular weight is 327 g/mol. The third kappa shape index (κ3) is 3.24. The Morgan fingerprint density at radius 2 is 1.95 bits per heavy atom. The lowest BCUT2D eigenvalue weighted by atomic mass is 10.2. The second kappa shape index (κ2) is 5.99. The molecule has 0 spiro atoms. The van der Waals surface area contributed by atoms with E-state index in [-0.39, 0.29) is 32.7 Å². The highest BCUT2D eigenvalue weighted by Gasteiger charge is 2.16. The largest absolute Gasteiger partial charge is 0.506 e. The number of anilines is 1. The number of hydrogen-bond donors (Lipinski definition) is 2. The fourth-order valence-electron chi connectivity index (χ4n) is 1.63. The quantitative estimate of drug-likeness (QED) is 0.661. The monoisotopic (exact) mass is 326 g/mol. The molecule has 0 saturated heterocycles. The van der Waals surface area contributed by atoms with E-state index < -0.39 is 10.8 Å². The van der Waals surface area contributed by atoms with E-state index in [1.165, 1.54) is 36.4 Å². The molecule has 0 aliphatic carbocycles. The third-order valence-corrected chi connectivity index (χ3v) is 3.33. The summed E-state index contributed by atoms with van der Waals surface area (Å²) >= 11 is 11.6. The van der Waals surface area contributed by atoms with Crippen molar-refractivity contribution in [1.29, 1.82) is 0 Å². The van der Waals surface area contributed by atoms with E-state index in [2.05, 4.69) is 5.32 Å². The van der Waals surface area contributed by atoms with Gasteiger partial charge in [-0.1, -0.05) is 29.3 Å². The molecule has 2 rings (SSSR count). The minimum atomic E-state index is -0.625. The minimum Gasteiger partial charge on any atom is -0.506 e. The molecule has 0 aliphatic rings. The van der Waals surface area contributed by atoms with Crippen molar-refractivity contribution in [2.75, 3.05) is 5.32 Å². The maximum atomic E-state index is 12.0. The van der Waals surface area contributed by atoms with Crippen molar-refractivity contribution in [1.82, 2.24) is 0 Å². The van der Waals surface area contributed by atoms with Crippen LogP contribution in [0.2, 0.25) is 10.0 Å². The summed E-state index contributed by atoms with van der Waals surface area (Å²) in [5.74, 6) is -0.785. The standard InChI is InChI=1S/C13H8Cl2N2O4/c14-9-6-7(4-5-10(9)17(20)21)16-13(19)8-2-1-3-11(18)12(8)15/h1-6,18H,(H,16,19). The molecule has 0 atom stereocenters. The first-order valence-electron chi connectivity index (χ1n) is 5.63. The number of hydrogen-bond acceptors (Lipinski definition) is 4. The molecule has 0 radical (unpaired) electrons. The van der Waals surface area contributed by atoms with E-state index in [0.717, 1.165) is 0 Å². The second-order valence-corrected chi connectivity index (χ2v) is 4.80. The van der Waals surface area contributed by atoms with Gasteiger partial charge in [0.1, 0.15) is 10.8 Å². The molecule has 21 heavy (non-hydrogen) atoms. The van der Waals surface area contributed by atoms with Crippen LogP contribution in [0.4, 0.5) is 11.4 Å². The smallest absolute Gasteiger partial charge is 0.288 e. The average Bonchev–Trinajstić information content (AvgIpc) is 2.41. The predicted octanol–water partition coefficient (Wildman–Crippen LogP) is 3.86. The van der Waals surface area contributed by atoms with E-state index in [0.29, 0.717) is 0 Å². The summed E-state index contributed by atoms with van der Waals surface area (Å²) in [6.07, 6.45) is 0. The molecular formula is C13H8Cl2N2O4. The van der Waals surface area contributed by atoms with Crippen LogP contribution < -0.4 is 5.32 Å². The summed E-state index contributed by atoms with van der Waals surface area (Å²) in [4.78, 5) is 22.1. The fraction of sp³-hybridized carbons (Fsp3) is 0. The van der Waals surface area contributed by atoms with Gasteiger partial charge in [-0.3, -0.25) is 14.9 Å². The number of nitrogens with zero attached hydrogens (tertiary/aromatic N) is 1. The predicted molar refractivity (Wildman–Crippen MR) is 79.2 cm³/mol. The first-order chi connectivity index (χ1) is 9.90. The van der Waals surface area contributed by atoms with Gasteiger partial charge in [-0.25, -0.2) is 0 Å². The van der Waals surface area contributed by atoms with Gasteiger partial charge in [0.25, 0.3) is 11.6 Å². The molecule has 108 valence electrons. The molecule has 8 heteroatoms. The maximum absolute atomic E-state index is 12.0. The van der Waals surface area contributed by atoms with E-state index in [4.69, 9.17) is 23.2 Å². The number of halogens is 2. The fourth-order valence-corrected chi connectivity index (χ4v) is 2.09. The molecule has 0 aromatic heterocycles. The Bertz CT molecular complexity index is 734. The van der Waals surface area contributed by atoms with Crippen molar-refractivity contribution in [3.05, 3.63) is 62.1 Å². The lowest BCUT2D eigenvalue weighted by Crippen LogP contribution is -2.12. The molecule has 2 aromatic carbocycles. The first-order valence-corrected chi connectivity index (χ1v) is 6.38. The number of nitro groups is 1. The number of amides is 1. The van der Waals surface area contributed by atoms with E-state index in [1.807, 2.05) is 0 Å². The van der Waals surface area contributed by atoms with Crippen LogP contribution in [0.1, 0.15) is 10.4 Å². The van der Waals surface area contributed by atoms with Gasteiger partial charge in [0.2, 0.25) is 0 Å². The van der Waals surface area contributed by atoms with Gasteiger partial charge >= 0.3 is 0 Å². The number of aromatic hydroxyl groups is 1. The van der Waals surface area contributed by atoms with Gasteiger partial charge in [-0.05, 0) is 24.3 Å². The third-order valence-electron chi connectivity index (χ3n) is 2.63. The van der Waals surface area contributed by atoms with Crippen molar-refractivity contribution in [2.45, 2.75) is 0 Å². The summed E-state index contributed by atoms with van der Waals surface area (Å²) in [5.41, 5.74) is 0.0891. The van der Waals surface area contributed by atoms with Gasteiger partial charge in [-0.2, -0.15) is 0 Å². The molecule has 2 aromatic rings. The SMILES string of the molecule is O=C(Nc1ccc([N+](=O)[O-])c(Cl)c1)c1cccc(O)c1Cl. The Hall–Kier alpha value is -2.31. The summed E-state index contributed by atoms with van der Waals surface area (Å²) in [6, 6.07) is 8.04. The second-order valence-electron chi connectivity index (χ2n) is 4.02. The molecule has 0 saturated carbocycles. The highest BCUT2D eigenvalue weighted by Crippen LogP contribution is 2.29. The molecule has 0 unspecified atom stereocenters. The number of rotatable bonds is 3. The van der Waals surface area contributed by atoms with Crippen LogP contribution in [0, 0.1) is 10.1 Å². The molecule has 0 fully saturated rings. The zero-order chi connectivity index (χ0) is 15.6. The summed E-state index contributed by atoms with van der Waals surface area (Å²) in [6.45, 7) is 0. The molecule has 0 aliphatic heterocycles. The van der Waals surface area contributed by atoms with Crippen molar-refractivity contribution < 1.29 is 14.8 Å². The normalized spacial score (nSPS) is 10.2. The van der Waals surface area contributed by atoms with Crippen molar-refractivity contribution >= 4 is 40.5 Å². The van der Waals surface area contributed by atoms with E-state index in [9.17, 15) is 20.0 Å². The Morgan fingerprint density at radius 1 is 1.24 bits per heavy atom. The topological polar surface area (TPSA) is 92.5 Å². The van der Waals surface area contributed by atoms with Gasteiger partial charge in [-0.15, -0.1) is 0 Å². The number of nitrogens with one attached hydrogen (secondary N) is 1. The Labute approximate surface area is 129 Å². The highest BCUT2D eigenvalue weighted by atomic mass is 35.5. The van der Waals surface area contributed by atoms with Crippen LogP contribution >= 0.6 is 23.2 Å². The van der Waals surface area contributed by atoms with Gasteiger partial charge in [0, 0.05) is 11.8 Å². The Kier molecular flexibility index (Phi) is 4.30. The zero-order valence-electron chi connectivity index (χ0n) is 10.3. The number of carbonyl (C=O) groups excluding carboxylic acids is 1. The van der Waals surface area contributed by atoms with Crippen LogP contribution in [0.5, 0.6) is 5.75 Å². The number of phenolic OH excluding ortho intramolecular Hbond substituents is 1. The summed E-state index contributed by atoms with van der Waals surface area (Å²) in [5, 5.41) is 22.4. The van der Waals surface area contributed by atoms with Crippen molar-refractivity contribution in [2.24, 2.45) is 0 Å².